The molecule has 0 spiro atoms. The number of nitrogens with one attached hydrogen (secondary N) is 1. The minimum absolute atomic E-state index is 0.270. The summed E-state index contributed by atoms with van der Waals surface area (Å²) < 4.78 is 38.7. The highest BCUT2D eigenvalue weighted by atomic mass is 19.4. The van der Waals surface area contributed by atoms with E-state index in [1.165, 1.54) is 6.07 Å². The van der Waals surface area contributed by atoms with Crippen LogP contribution in [0.3, 0.4) is 0 Å². The molecule has 1 aliphatic rings. The highest BCUT2D eigenvalue weighted by Crippen LogP contribution is 2.35. The maximum atomic E-state index is 12.9. The Bertz CT molecular complexity index is 706. The summed E-state index contributed by atoms with van der Waals surface area (Å²) in [6, 6.07) is 10.1. The van der Waals surface area contributed by atoms with Crippen molar-refractivity contribution in [2.24, 2.45) is 0 Å². The second-order valence-corrected chi connectivity index (χ2v) is 5.25. The molecule has 0 saturated carbocycles. The molecule has 1 aliphatic heterocycles. The lowest BCUT2D eigenvalue weighted by Crippen LogP contribution is -2.44. The fourth-order valence-corrected chi connectivity index (χ4v) is 2.82. The summed E-state index contributed by atoms with van der Waals surface area (Å²) in [5, 5.41) is 4.67. The van der Waals surface area contributed by atoms with Crippen LogP contribution in [0.4, 0.5) is 18.9 Å². The van der Waals surface area contributed by atoms with Crippen LogP contribution in [0, 0.1) is 0 Å². The van der Waals surface area contributed by atoms with E-state index in [-0.39, 0.29) is 5.56 Å². The number of carbonyl (C=O) groups is 1. The normalized spacial score (nSPS) is 16.0. The van der Waals surface area contributed by atoms with Gasteiger partial charge < -0.3 is 10.2 Å². The molecule has 0 amide bonds. The van der Waals surface area contributed by atoms with Crippen molar-refractivity contribution < 1.29 is 18.0 Å². The van der Waals surface area contributed by atoms with Crippen molar-refractivity contribution in [2.75, 3.05) is 31.1 Å². The molecule has 0 atom stereocenters. The van der Waals surface area contributed by atoms with Crippen LogP contribution in [0.1, 0.15) is 10.4 Å². The van der Waals surface area contributed by atoms with E-state index < -0.39 is 12.0 Å². The number of piperazine rings is 1. The molecule has 3 nitrogen and oxygen atoms in total. The van der Waals surface area contributed by atoms with Crippen LogP contribution in [0.2, 0.25) is 0 Å². The highest BCUT2D eigenvalue weighted by molar-refractivity contribution is 6.11. The smallest absolute Gasteiger partial charge is 0.368 e. The van der Waals surface area contributed by atoms with E-state index in [0.29, 0.717) is 37.3 Å². The van der Waals surface area contributed by atoms with Gasteiger partial charge in [0, 0.05) is 31.6 Å². The van der Waals surface area contributed by atoms with E-state index in [2.05, 4.69) is 5.32 Å². The molecule has 0 aromatic heterocycles. The molecule has 0 unspecified atom stereocenters. The Morgan fingerprint density at radius 3 is 2.41 bits per heavy atom. The summed E-state index contributed by atoms with van der Waals surface area (Å²) in [4.78, 5) is 13.7. The van der Waals surface area contributed by atoms with Gasteiger partial charge in [0.25, 0.3) is 5.78 Å². The van der Waals surface area contributed by atoms with Crippen LogP contribution in [-0.4, -0.2) is 38.1 Å². The minimum Gasteiger partial charge on any atom is -0.368 e. The first-order valence-electron chi connectivity index (χ1n) is 7.07. The molecule has 1 N–H and O–H groups in total. The van der Waals surface area contributed by atoms with Crippen LogP contribution < -0.4 is 10.2 Å². The highest BCUT2D eigenvalue weighted by Gasteiger charge is 2.41. The van der Waals surface area contributed by atoms with E-state index in [1.54, 1.807) is 18.2 Å². The molecular formula is C16H15F3N2O. The lowest BCUT2D eigenvalue weighted by molar-refractivity contribution is -0.0884. The maximum Gasteiger partial charge on any atom is 0.454 e. The van der Waals surface area contributed by atoms with Gasteiger partial charge in [0.05, 0.1) is 11.3 Å². The van der Waals surface area contributed by atoms with Crippen molar-refractivity contribution in [1.29, 1.82) is 0 Å². The maximum absolute atomic E-state index is 12.9. The number of fused-ring (bicyclic) bond motifs is 1. The topological polar surface area (TPSA) is 32.3 Å². The summed E-state index contributed by atoms with van der Waals surface area (Å²) in [5.74, 6) is -1.79. The number of halogens is 3. The zero-order chi connectivity index (χ0) is 15.7. The summed E-state index contributed by atoms with van der Waals surface area (Å²) in [5.41, 5.74) is 0.120. The molecule has 0 bridgehead atoms. The summed E-state index contributed by atoms with van der Waals surface area (Å²) in [6.45, 7) is 2.52. The number of benzene rings is 2. The van der Waals surface area contributed by atoms with E-state index in [4.69, 9.17) is 0 Å². The van der Waals surface area contributed by atoms with Crippen molar-refractivity contribution >= 4 is 22.2 Å². The third kappa shape index (κ3) is 2.66. The van der Waals surface area contributed by atoms with Gasteiger partial charge in [-0.2, -0.15) is 13.2 Å². The van der Waals surface area contributed by atoms with Crippen molar-refractivity contribution in [2.45, 2.75) is 6.18 Å². The number of carbonyl (C=O) groups excluding carboxylic acids is 1. The van der Waals surface area contributed by atoms with Crippen LogP contribution in [0.15, 0.2) is 36.4 Å². The predicted octanol–water partition coefficient (Wildman–Crippen LogP) is 2.99. The number of alkyl halides is 3. The molecule has 3 rings (SSSR count). The SMILES string of the molecule is O=C(c1ccc2ccccc2c1N1CCNCC1)C(F)(F)F. The van der Waals surface area contributed by atoms with Gasteiger partial charge in [-0.15, -0.1) is 0 Å². The molecule has 0 aliphatic carbocycles. The Hall–Kier alpha value is -2.08. The Kier molecular flexibility index (Phi) is 3.78. The third-order valence-electron chi connectivity index (χ3n) is 3.84. The number of nitrogens with zero attached hydrogens (tertiary/aromatic N) is 1. The van der Waals surface area contributed by atoms with E-state index >= 15 is 0 Å². The van der Waals surface area contributed by atoms with E-state index in [9.17, 15) is 18.0 Å². The summed E-state index contributed by atoms with van der Waals surface area (Å²) in [7, 11) is 0. The average molecular weight is 308 g/mol. The second-order valence-electron chi connectivity index (χ2n) is 5.25. The van der Waals surface area contributed by atoms with Gasteiger partial charge in [-0.05, 0) is 11.5 Å². The molecule has 6 heteroatoms. The van der Waals surface area contributed by atoms with Crippen molar-refractivity contribution in [1.82, 2.24) is 5.32 Å². The largest absolute Gasteiger partial charge is 0.454 e. The summed E-state index contributed by atoms with van der Waals surface area (Å²) >= 11 is 0. The van der Waals surface area contributed by atoms with Gasteiger partial charge in [-0.1, -0.05) is 30.3 Å². The number of rotatable bonds is 2. The summed E-state index contributed by atoms with van der Waals surface area (Å²) in [6.07, 6.45) is -4.87. The Balaban J connectivity index is 2.20. The van der Waals surface area contributed by atoms with E-state index in [1.807, 2.05) is 17.0 Å². The average Bonchev–Trinajstić information content (AvgIpc) is 2.53. The monoisotopic (exact) mass is 308 g/mol. The molecule has 2 aromatic rings. The standard InChI is InChI=1S/C16H15F3N2O/c17-16(18,19)15(22)13-6-5-11-3-1-2-4-12(11)14(13)21-9-7-20-8-10-21/h1-6,20H,7-10H2. The lowest BCUT2D eigenvalue weighted by atomic mass is 9.99. The molecule has 1 heterocycles. The zero-order valence-electron chi connectivity index (χ0n) is 11.8. The molecule has 1 fully saturated rings. The van der Waals surface area contributed by atoms with Gasteiger partial charge in [0.2, 0.25) is 0 Å². The van der Waals surface area contributed by atoms with Crippen molar-refractivity contribution in [3.8, 4) is 0 Å². The lowest BCUT2D eigenvalue weighted by Gasteiger charge is -2.32. The van der Waals surface area contributed by atoms with Crippen molar-refractivity contribution in [3.05, 3.63) is 42.0 Å². The van der Waals surface area contributed by atoms with Gasteiger partial charge in [0.15, 0.2) is 0 Å². The number of hydrogen-bond acceptors (Lipinski definition) is 3. The molecule has 22 heavy (non-hydrogen) atoms. The fourth-order valence-electron chi connectivity index (χ4n) is 2.82. The number of Topliss-reactive ketones (excluding diaryl/α,β-unsaturated/α-hetero) is 1. The molecule has 2 aromatic carbocycles. The first kappa shape index (κ1) is 14.8. The van der Waals surface area contributed by atoms with Crippen LogP contribution >= 0.6 is 0 Å². The van der Waals surface area contributed by atoms with Gasteiger partial charge >= 0.3 is 6.18 Å². The fraction of sp³-hybridized carbons (Fsp3) is 0.312. The molecule has 116 valence electrons. The number of anilines is 1. The van der Waals surface area contributed by atoms with Gasteiger partial charge in [0.1, 0.15) is 0 Å². The number of ketones is 1. The van der Waals surface area contributed by atoms with Crippen LogP contribution in [0.5, 0.6) is 0 Å². The molecular weight excluding hydrogens is 293 g/mol. The van der Waals surface area contributed by atoms with Gasteiger partial charge in [-0.3, -0.25) is 4.79 Å². The van der Waals surface area contributed by atoms with Gasteiger partial charge in [-0.25, -0.2) is 0 Å². The second kappa shape index (κ2) is 5.61. The quantitative estimate of drug-likeness (QED) is 0.866. The zero-order valence-corrected chi connectivity index (χ0v) is 11.8. The Morgan fingerprint density at radius 1 is 1.05 bits per heavy atom. The van der Waals surface area contributed by atoms with Crippen LogP contribution in [0.25, 0.3) is 10.8 Å². The Morgan fingerprint density at radius 2 is 1.73 bits per heavy atom. The predicted molar refractivity (Wildman–Crippen MR) is 79.4 cm³/mol. The third-order valence-corrected chi connectivity index (χ3v) is 3.84. The number of hydrogen-bond donors (Lipinski definition) is 1. The molecule has 0 radical (unpaired) electrons. The van der Waals surface area contributed by atoms with E-state index in [0.717, 1.165) is 5.39 Å². The minimum atomic E-state index is -4.87. The first-order valence-corrected chi connectivity index (χ1v) is 7.07. The Labute approximate surface area is 125 Å². The van der Waals surface area contributed by atoms with Crippen molar-refractivity contribution in [3.63, 3.8) is 0 Å². The van der Waals surface area contributed by atoms with Crippen LogP contribution in [-0.2, 0) is 0 Å². The first-order chi connectivity index (χ1) is 10.5. The molecule has 1 saturated heterocycles.